The van der Waals surface area contributed by atoms with Gasteiger partial charge >= 0.3 is 12.3 Å². The topological polar surface area (TPSA) is 159 Å². The quantitative estimate of drug-likeness (QED) is 0.491. The van der Waals surface area contributed by atoms with Crippen LogP contribution in [-0.4, -0.2) is 53.9 Å². The number of pyridine rings is 2. The van der Waals surface area contributed by atoms with Crippen LogP contribution in [-0.2, 0) is 21.0 Å². The van der Waals surface area contributed by atoms with Gasteiger partial charge in [-0.15, -0.1) is 0 Å². The fourth-order valence-corrected chi connectivity index (χ4v) is 3.98. The maximum atomic E-state index is 13.8. The number of sulfonamides is 1. The number of alkyl halides is 5. The van der Waals surface area contributed by atoms with Crippen molar-refractivity contribution in [2.75, 3.05) is 16.8 Å². The number of rotatable bonds is 5. The van der Waals surface area contributed by atoms with Crippen LogP contribution in [0.15, 0.2) is 35.6 Å². The highest BCUT2D eigenvalue weighted by Crippen LogP contribution is 2.34. The van der Waals surface area contributed by atoms with Crippen molar-refractivity contribution in [1.82, 2.24) is 14.7 Å². The molecule has 3 heterocycles. The van der Waals surface area contributed by atoms with Crippen molar-refractivity contribution in [1.29, 1.82) is 0 Å². The predicted molar refractivity (Wildman–Crippen MR) is 111 cm³/mol. The molecule has 11 nitrogen and oxygen atoms in total. The number of nitrogens with one attached hydrogen (secondary N) is 2. The summed E-state index contributed by atoms with van der Waals surface area (Å²) in [6.45, 7) is -0.622. The molecule has 194 valence electrons. The van der Waals surface area contributed by atoms with Crippen LogP contribution >= 0.6 is 0 Å². The molecule has 3 N–H and O–H groups in total. The van der Waals surface area contributed by atoms with Crippen LogP contribution in [0.4, 0.5) is 38.3 Å². The summed E-state index contributed by atoms with van der Waals surface area (Å²) < 4.78 is 92.6. The van der Waals surface area contributed by atoms with E-state index in [2.05, 4.69) is 15.3 Å². The van der Waals surface area contributed by atoms with E-state index in [9.17, 15) is 44.8 Å². The van der Waals surface area contributed by atoms with Gasteiger partial charge in [-0.25, -0.2) is 28.3 Å². The molecule has 2 aromatic heterocycles. The number of halogens is 5. The van der Waals surface area contributed by atoms with Gasteiger partial charge in [-0.3, -0.25) is 14.5 Å². The molecule has 2 aromatic rings. The third-order valence-corrected chi connectivity index (χ3v) is 6.11. The van der Waals surface area contributed by atoms with E-state index in [1.165, 1.54) is 4.72 Å². The van der Waals surface area contributed by atoms with E-state index >= 15 is 0 Å². The molecule has 0 spiro atoms. The summed E-state index contributed by atoms with van der Waals surface area (Å²) in [7, 11) is -4.65. The summed E-state index contributed by atoms with van der Waals surface area (Å²) in [5, 5.41) is 9.91. The van der Waals surface area contributed by atoms with E-state index in [0.717, 1.165) is 18.3 Å². The molecule has 17 heteroatoms. The van der Waals surface area contributed by atoms with Crippen LogP contribution in [0.2, 0.25) is 0 Å². The van der Waals surface area contributed by atoms with Crippen LogP contribution in [0.5, 0.6) is 0 Å². The van der Waals surface area contributed by atoms with Crippen molar-refractivity contribution in [3.05, 3.63) is 41.7 Å². The number of hydrogen-bond donors (Lipinski definition) is 3. The number of carbonyl (C=O) groups is 3. The van der Waals surface area contributed by atoms with Gasteiger partial charge in [0.2, 0.25) is 11.8 Å². The second-order valence-corrected chi connectivity index (χ2v) is 9.12. The SMILES string of the molecule is O=C(O)NS(=O)(=O)c1cc(NC(=O)c2cc(C(F)(F)F)cnc2N2CCC(F)(F)CCC2=O)ccn1. The standard InChI is InChI=1S/C19H16F5N5O6S/c20-18(21)3-1-14(30)29(6-4-18)15-12(7-10(9-26-15)19(22,23)24)16(31)27-11-2-5-25-13(8-11)36(34,35)28-17(32)33/h2,5,7-9,28H,1,3-4,6H2,(H,32,33)(H,25,27,31). The minimum atomic E-state index is -4.95. The predicted octanol–water partition coefficient (Wildman–Crippen LogP) is 2.86. The second-order valence-electron chi connectivity index (χ2n) is 7.49. The van der Waals surface area contributed by atoms with E-state index in [4.69, 9.17) is 5.11 Å². The molecule has 0 radical (unpaired) electrons. The van der Waals surface area contributed by atoms with Crippen molar-refractivity contribution >= 4 is 39.4 Å². The third-order valence-electron chi connectivity index (χ3n) is 4.89. The first-order valence-electron chi connectivity index (χ1n) is 9.88. The molecule has 0 aromatic carbocycles. The summed E-state index contributed by atoms with van der Waals surface area (Å²) in [6.07, 6.45) is -7.89. The van der Waals surface area contributed by atoms with Crippen molar-refractivity contribution in [3.8, 4) is 0 Å². The Morgan fingerprint density at radius 2 is 1.83 bits per heavy atom. The smallest absolute Gasteiger partial charge is 0.418 e. The summed E-state index contributed by atoms with van der Waals surface area (Å²) >= 11 is 0. The lowest BCUT2D eigenvalue weighted by molar-refractivity contribution is -0.137. The molecule has 0 bridgehead atoms. The Morgan fingerprint density at radius 3 is 2.47 bits per heavy atom. The Morgan fingerprint density at radius 1 is 1.14 bits per heavy atom. The van der Waals surface area contributed by atoms with Crippen molar-refractivity contribution in [2.45, 2.75) is 36.4 Å². The van der Waals surface area contributed by atoms with E-state index in [1.54, 1.807) is 0 Å². The molecule has 3 rings (SSSR count). The molecule has 1 aliphatic heterocycles. The van der Waals surface area contributed by atoms with Crippen molar-refractivity contribution in [3.63, 3.8) is 0 Å². The van der Waals surface area contributed by atoms with Gasteiger partial charge < -0.3 is 10.4 Å². The average molecular weight is 537 g/mol. The zero-order valence-electron chi connectivity index (χ0n) is 17.8. The van der Waals surface area contributed by atoms with Gasteiger partial charge in [-0.2, -0.15) is 21.6 Å². The number of carboxylic acid groups (broad SMARTS) is 1. The van der Waals surface area contributed by atoms with Gasteiger partial charge in [-0.1, -0.05) is 0 Å². The molecule has 0 saturated carbocycles. The first-order valence-corrected chi connectivity index (χ1v) is 11.4. The molecular weight excluding hydrogens is 521 g/mol. The summed E-state index contributed by atoms with van der Waals surface area (Å²) in [4.78, 5) is 43.7. The van der Waals surface area contributed by atoms with Gasteiger partial charge in [0.25, 0.3) is 15.9 Å². The Kier molecular flexibility index (Phi) is 7.15. The monoisotopic (exact) mass is 537 g/mol. The number of anilines is 2. The molecule has 3 amide bonds. The lowest BCUT2D eigenvalue weighted by Crippen LogP contribution is -2.34. The van der Waals surface area contributed by atoms with Gasteiger partial charge in [0, 0.05) is 50.0 Å². The highest BCUT2D eigenvalue weighted by Gasteiger charge is 2.38. The minimum Gasteiger partial charge on any atom is -0.464 e. The van der Waals surface area contributed by atoms with Gasteiger partial charge in [0.05, 0.1) is 11.1 Å². The molecule has 1 fully saturated rings. The first kappa shape index (κ1) is 26.7. The molecule has 0 aliphatic carbocycles. The Labute approximate surface area is 199 Å². The lowest BCUT2D eigenvalue weighted by atomic mass is 10.1. The summed E-state index contributed by atoms with van der Waals surface area (Å²) in [5.41, 5.74) is -2.49. The number of nitrogens with zero attached hydrogens (tertiary/aromatic N) is 3. The largest absolute Gasteiger partial charge is 0.464 e. The number of aromatic nitrogens is 2. The zero-order valence-corrected chi connectivity index (χ0v) is 18.7. The average Bonchev–Trinajstić information content (AvgIpc) is 2.89. The fraction of sp³-hybridized carbons (Fsp3) is 0.316. The van der Waals surface area contributed by atoms with E-state index in [1.807, 2.05) is 0 Å². The molecule has 0 atom stereocenters. The molecule has 0 unspecified atom stereocenters. The summed E-state index contributed by atoms with van der Waals surface area (Å²) in [5.74, 6) is -5.97. The fourth-order valence-electron chi connectivity index (χ4n) is 3.17. The second kappa shape index (κ2) is 9.63. The van der Waals surface area contributed by atoms with E-state index in [0.29, 0.717) is 17.2 Å². The van der Waals surface area contributed by atoms with E-state index in [-0.39, 0.29) is 5.69 Å². The van der Waals surface area contributed by atoms with Crippen LogP contribution in [0.3, 0.4) is 0 Å². The third kappa shape index (κ3) is 6.21. The highest BCUT2D eigenvalue weighted by atomic mass is 32.2. The van der Waals surface area contributed by atoms with Gasteiger partial charge in [-0.05, 0) is 12.1 Å². The van der Waals surface area contributed by atoms with Crippen LogP contribution in [0, 0.1) is 0 Å². The highest BCUT2D eigenvalue weighted by molar-refractivity contribution is 7.90. The zero-order chi connectivity index (χ0) is 26.9. The molecule has 36 heavy (non-hydrogen) atoms. The molecular formula is C19H16F5N5O6S. The normalized spacial score (nSPS) is 16.2. The maximum Gasteiger partial charge on any atom is 0.418 e. The summed E-state index contributed by atoms with van der Waals surface area (Å²) in [6, 6.07) is 2.15. The Hall–Kier alpha value is -3.89. The van der Waals surface area contributed by atoms with Gasteiger partial charge in [0.15, 0.2) is 5.03 Å². The maximum absolute atomic E-state index is 13.8. The Balaban J connectivity index is 2.01. The number of carbonyl (C=O) groups excluding carboxylic acids is 2. The van der Waals surface area contributed by atoms with Crippen LogP contribution in [0.25, 0.3) is 0 Å². The first-order chi connectivity index (χ1) is 16.6. The van der Waals surface area contributed by atoms with Crippen LogP contribution < -0.4 is 14.9 Å². The minimum absolute atomic E-state index is 0.321. The Bertz CT molecular complexity index is 1320. The number of amides is 3. The van der Waals surface area contributed by atoms with E-state index < -0.39 is 87.8 Å². The van der Waals surface area contributed by atoms with Gasteiger partial charge in [0.1, 0.15) is 5.82 Å². The number of hydrogen-bond acceptors (Lipinski definition) is 7. The van der Waals surface area contributed by atoms with Crippen molar-refractivity contribution < 1.29 is 49.9 Å². The molecule has 1 saturated heterocycles. The lowest BCUT2D eigenvalue weighted by Gasteiger charge is -2.23. The van der Waals surface area contributed by atoms with Crippen LogP contribution in [0.1, 0.15) is 35.2 Å². The molecule has 1 aliphatic rings. The van der Waals surface area contributed by atoms with Crippen molar-refractivity contribution in [2.24, 2.45) is 0 Å².